The highest BCUT2D eigenvalue weighted by Gasteiger charge is 2.30. The van der Waals surface area contributed by atoms with Gasteiger partial charge < -0.3 is 25.0 Å². The minimum atomic E-state index is -0.285. The number of aryl methyl sites for hydroxylation is 1. The van der Waals surface area contributed by atoms with Crippen LogP contribution in [0.15, 0.2) is 61.1 Å². The summed E-state index contributed by atoms with van der Waals surface area (Å²) in [7, 11) is 4.14. The fourth-order valence-corrected chi connectivity index (χ4v) is 6.90. The highest BCUT2D eigenvalue weighted by molar-refractivity contribution is 5.89. The van der Waals surface area contributed by atoms with Crippen molar-refractivity contribution in [1.29, 1.82) is 0 Å². The molecule has 1 aliphatic heterocycles. The van der Waals surface area contributed by atoms with Crippen molar-refractivity contribution in [2.75, 3.05) is 43.9 Å². The number of rotatable bonds is 10. The zero-order valence-electron chi connectivity index (χ0n) is 31.3. The molecule has 3 N–H and O–H groups in total. The van der Waals surface area contributed by atoms with Gasteiger partial charge in [-0.05, 0) is 82.4 Å². The fraction of sp³-hybridized carbons (Fsp3) is 0.474. The van der Waals surface area contributed by atoms with E-state index in [0.717, 1.165) is 85.3 Å². The highest BCUT2D eigenvalue weighted by atomic mass is 16.5. The Balaban J connectivity index is 0.00000155. The summed E-state index contributed by atoms with van der Waals surface area (Å²) in [4.78, 5) is 26.5. The van der Waals surface area contributed by atoms with Crippen molar-refractivity contribution >= 4 is 29.9 Å². The zero-order chi connectivity index (χ0) is 37.5. The van der Waals surface area contributed by atoms with Gasteiger partial charge in [0.25, 0.3) is 6.47 Å². The van der Waals surface area contributed by atoms with Gasteiger partial charge >= 0.3 is 6.03 Å². The number of urea groups is 1. The third-order valence-electron chi connectivity index (χ3n) is 9.59. The molecule has 1 fully saturated rings. The number of hydrogen-bond donors (Lipinski definition) is 3. The maximum Gasteiger partial charge on any atom is 0.320 e. The van der Waals surface area contributed by atoms with Crippen molar-refractivity contribution < 1.29 is 19.4 Å². The smallest absolute Gasteiger partial charge is 0.320 e. The minimum absolute atomic E-state index is 0.148. The number of piperidine rings is 1. The largest absolute Gasteiger partial charge is 0.484 e. The van der Waals surface area contributed by atoms with Crippen molar-refractivity contribution in [3.63, 3.8) is 0 Å². The van der Waals surface area contributed by atoms with Gasteiger partial charge in [0, 0.05) is 31.1 Å². The van der Waals surface area contributed by atoms with Crippen molar-refractivity contribution in [1.82, 2.24) is 44.4 Å². The molecule has 0 bridgehead atoms. The second kappa shape index (κ2) is 16.5. The molecule has 2 amide bonds. The maximum atomic E-state index is 13.6. The lowest BCUT2D eigenvalue weighted by Gasteiger charge is -2.32. The molecular weight excluding hydrogens is 674 g/mol. The molecule has 15 nitrogen and oxygen atoms in total. The van der Waals surface area contributed by atoms with Crippen LogP contribution in [0.5, 0.6) is 5.75 Å². The van der Waals surface area contributed by atoms with E-state index in [1.54, 1.807) is 10.9 Å². The third-order valence-corrected chi connectivity index (χ3v) is 9.59. The van der Waals surface area contributed by atoms with Gasteiger partial charge in [-0.1, -0.05) is 45.0 Å². The number of carboxylic acid groups (broad SMARTS) is 1. The second-order valence-electron chi connectivity index (χ2n) is 14.9. The molecular formula is C38H51N11O4. The van der Waals surface area contributed by atoms with Crippen LogP contribution >= 0.6 is 0 Å². The number of carbonyl (C=O) groups excluding carboxylic acids is 1. The summed E-state index contributed by atoms with van der Waals surface area (Å²) in [6.07, 6.45) is 11.7. The molecule has 0 unspecified atom stereocenters. The number of fused-ring (bicyclic) bond motifs is 2. The SMILES string of the molecule is CN(C)CCCn1cc(-n2nc(C(C)(C)C)cc2NC(=O)N[C@H]2CC[C@@H](Oc3ccc4nnc(N5CCCCC5)n4c3)c3ccccc32)cn1.O=CO. The van der Waals surface area contributed by atoms with Crippen LogP contribution in [0.2, 0.25) is 0 Å². The predicted molar refractivity (Wildman–Crippen MR) is 203 cm³/mol. The molecule has 7 rings (SSSR count). The average Bonchev–Trinajstić information content (AvgIpc) is 3.89. The van der Waals surface area contributed by atoms with Crippen molar-refractivity contribution in [3.05, 3.63) is 77.9 Å². The molecule has 1 aromatic carbocycles. The van der Waals surface area contributed by atoms with Crippen molar-refractivity contribution in [2.45, 2.75) is 83.4 Å². The summed E-state index contributed by atoms with van der Waals surface area (Å²) < 4.78 is 12.4. The number of anilines is 2. The van der Waals surface area contributed by atoms with E-state index >= 15 is 0 Å². The van der Waals surface area contributed by atoms with Crippen LogP contribution in [0.3, 0.4) is 0 Å². The average molecular weight is 726 g/mol. The third kappa shape index (κ3) is 8.96. The monoisotopic (exact) mass is 725 g/mol. The molecule has 0 radical (unpaired) electrons. The van der Waals surface area contributed by atoms with Crippen LogP contribution < -0.4 is 20.3 Å². The molecule has 5 heterocycles. The van der Waals surface area contributed by atoms with E-state index in [1.807, 2.05) is 51.8 Å². The van der Waals surface area contributed by atoms with Gasteiger partial charge in [0.2, 0.25) is 5.95 Å². The molecule has 0 spiro atoms. The van der Waals surface area contributed by atoms with E-state index in [0.29, 0.717) is 5.82 Å². The second-order valence-corrected chi connectivity index (χ2v) is 14.9. The number of benzene rings is 1. The van der Waals surface area contributed by atoms with Crippen LogP contribution in [0.25, 0.3) is 11.3 Å². The Labute approximate surface area is 309 Å². The normalized spacial score (nSPS) is 17.2. The number of nitrogens with one attached hydrogen (secondary N) is 2. The summed E-state index contributed by atoms with van der Waals surface area (Å²) in [5.41, 5.74) is 4.42. The molecule has 4 aromatic heterocycles. The van der Waals surface area contributed by atoms with E-state index in [1.165, 1.54) is 19.3 Å². The van der Waals surface area contributed by atoms with Gasteiger partial charge in [0.05, 0.1) is 30.3 Å². The summed E-state index contributed by atoms with van der Waals surface area (Å²) in [6.45, 7) is 9.86. The number of carbonyl (C=O) groups is 2. The lowest BCUT2D eigenvalue weighted by molar-refractivity contribution is -0.122. The quantitative estimate of drug-likeness (QED) is 0.150. The number of nitrogens with zero attached hydrogens (tertiary/aromatic N) is 9. The van der Waals surface area contributed by atoms with Crippen LogP contribution in [0.1, 0.15) is 88.3 Å². The van der Waals surface area contributed by atoms with Gasteiger partial charge in [-0.15, -0.1) is 10.2 Å². The summed E-state index contributed by atoms with van der Waals surface area (Å²) in [5.74, 6) is 2.23. The lowest BCUT2D eigenvalue weighted by Crippen LogP contribution is -2.36. The predicted octanol–water partition coefficient (Wildman–Crippen LogP) is 5.83. The Morgan fingerprint density at radius 3 is 2.53 bits per heavy atom. The van der Waals surface area contributed by atoms with Gasteiger partial charge in [-0.25, -0.2) is 9.48 Å². The first-order valence-electron chi connectivity index (χ1n) is 18.3. The topological polar surface area (TPSA) is 160 Å². The van der Waals surface area contributed by atoms with E-state index in [-0.39, 0.29) is 30.1 Å². The molecule has 5 aromatic rings. The molecule has 15 heteroatoms. The summed E-state index contributed by atoms with van der Waals surface area (Å²) in [6, 6.07) is 13.7. The van der Waals surface area contributed by atoms with Crippen LogP contribution in [-0.4, -0.2) is 90.4 Å². The zero-order valence-corrected chi connectivity index (χ0v) is 31.3. The Bertz CT molecular complexity index is 1990. The first-order chi connectivity index (χ1) is 25.5. The molecule has 1 saturated heterocycles. The number of hydrogen-bond acceptors (Lipinski definition) is 9. The van der Waals surface area contributed by atoms with E-state index in [2.05, 4.69) is 82.7 Å². The Morgan fingerprint density at radius 2 is 1.79 bits per heavy atom. The molecule has 1 aliphatic carbocycles. The first-order valence-corrected chi connectivity index (χ1v) is 18.3. The first kappa shape index (κ1) is 37.3. The Hall–Kier alpha value is -5.44. The van der Waals surface area contributed by atoms with E-state index in [4.69, 9.17) is 19.7 Å². The van der Waals surface area contributed by atoms with Gasteiger partial charge in [-0.2, -0.15) is 10.2 Å². The Morgan fingerprint density at radius 1 is 1.04 bits per heavy atom. The van der Waals surface area contributed by atoms with Crippen LogP contribution in [0.4, 0.5) is 16.6 Å². The van der Waals surface area contributed by atoms with Crippen LogP contribution in [-0.2, 0) is 16.8 Å². The molecule has 2 aliphatic rings. The number of pyridine rings is 1. The van der Waals surface area contributed by atoms with Crippen molar-refractivity contribution in [2.24, 2.45) is 0 Å². The number of aromatic nitrogens is 7. The maximum absolute atomic E-state index is 13.6. The number of amides is 2. The summed E-state index contributed by atoms with van der Waals surface area (Å²) in [5, 5.41) is 31.6. The lowest BCUT2D eigenvalue weighted by atomic mass is 9.85. The fourth-order valence-electron chi connectivity index (χ4n) is 6.90. The standard InChI is InChI=1S/C37H49N11O2.CH2O2/c1-37(2,3)32-22-34(48(43-32)26-23-38-46(24-26)21-11-18-44(4)5)40-35(49)39-30-15-16-31(29-13-8-7-12-28(29)30)50-27-14-17-33-41-42-36(47(33)25-27)45-19-9-6-10-20-45;2-1-3/h7-8,12-14,17,22-25,30-31H,6,9-11,15-16,18-21H2,1-5H3,(H2,39,40,49);1H,(H,2,3)/t30-,31+;/m0./s1. The molecule has 2 atom stereocenters. The minimum Gasteiger partial charge on any atom is -0.484 e. The molecule has 53 heavy (non-hydrogen) atoms. The van der Waals surface area contributed by atoms with Crippen molar-refractivity contribution in [3.8, 4) is 11.4 Å². The van der Waals surface area contributed by atoms with Gasteiger partial charge in [0.15, 0.2) is 5.65 Å². The summed E-state index contributed by atoms with van der Waals surface area (Å²) >= 11 is 0. The Kier molecular flexibility index (Phi) is 11.6. The van der Waals surface area contributed by atoms with Gasteiger partial charge in [-0.3, -0.25) is 19.2 Å². The molecule has 282 valence electrons. The van der Waals surface area contributed by atoms with E-state index < -0.39 is 0 Å². The highest BCUT2D eigenvalue weighted by Crippen LogP contribution is 2.39. The van der Waals surface area contributed by atoms with Crippen LogP contribution in [0, 0.1) is 0 Å². The van der Waals surface area contributed by atoms with Gasteiger partial charge in [0.1, 0.15) is 23.4 Å². The molecule has 0 saturated carbocycles. The van der Waals surface area contributed by atoms with E-state index in [9.17, 15) is 4.79 Å². The number of ether oxygens (including phenoxy) is 1.